The van der Waals surface area contributed by atoms with Crippen LogP contribution in [-0.2, 0) is 17.9 Å². The molecule has 0 spiro atoms. The number of hydrogen-bond donors (Lipinski definition) is 2. The smallest absolute Gasteiger partial charge is 0.253 e. The quantitative estimate of drug-likeness (QED) is 0.834. The third-order valence-corrected chi connectivity index (χ3v) is 4.12. The maximum atomic E-state index is 12.1. The molecule has 1 aromatic carbocycles. The molecular weight excluding hydrogens is 318 g/mol. The lowest BCUT2D eigenvalue weighted by Gasteiger charge is -2.09. The molecule has 2 N–H and O–H groups in total. The first kappa shape index (κ1) is 17.0. The molecule has 2 aromatic rings. The molecule has 0 saturated heterocycles. The third kappa shape index (κ3) is 4.56. The Hall–Kier alpha value is -2.89. The average molecular weight is 339 g/mol. The number of pyridine rings is 1. The van der Waals surface area contributed by atoms with E-state index >= 15 is 0 Å². The summed E-state index contributed by atoms with van der Waals surface area (Å²) in [5.74, 6) is -0.331. The van der Waals surface area contributed by atoms with Crippen molar-refractivity contribution in [3.05, 3.63) is 69.6 Å². The Morgan fingerprint density at radius 2 is 2.00 bits per heavy atom. The van der Waals surface area contributed by atoms with Gasteiger partial charge in [0.05, 0.1) is 0 Å². The molecule has 0 atom stereocenters. The van der Waals surface area contributed by atoms with Crippen LogP contribution in [0, 0.1) is 6.92 Å². The second-order valence-corrected chi connectivity index (χ2v) is 6.35. The summed E-state index contributed by atoms with van der Waals surface area (Å²) in [5, 5.41) is 5.73. The number of nitrogens with one attached hydrogen (secondary N) is 2. The van der Waals surface area contributed by atoms with E-state index < -0.39 is 0 Å². The van der Waals surface area contributed by atoms with Crippen LogP contribution in [0.3, 0.4) is 0 Å². The van der Waals surface area contributed by atoms with Crippen molar-refractivity contribution in [3.63, 3.8) is 0 Å². The monoisotopic (exact) mass is 339 g/mol. The van der Waals surface area contributed by atoms with E-state index in [0.29, 0.717) is 23.7 Å². The first-order chi connectivity index (χ1) is 12.0. The van der Waals surface area contributed by atoms with Crippen LogP contribution < -0.4 is 16.2 Å². The van der Waals surface area contributed by atoms with E-state index in [4.69, 9.17) is 0 Å². The molecule has 1 heterocycles. The first-order valence-electron chi connectivity index (χ1n) is 8.35. The van der Waals surface area contributed by atoms with Crippen LogP contribution >= 0.6 is 0 Å². The van der Waals surface area contributed by atoms with Crippen LogP contribution in [0.5, 0.6) is 0 Å². The minimum atomic E-state index is -0.250. The van der Waals surface area contributed by atoms with E-state index in [1.807, 2.05) is 6.07 Å². The van der Waals surface area contributed by atoms with Crippen molar-refractivity contribution in [2.24, 2.45) is 0 Å². The highest BCUT2D eigenvalue weighted by Gasteiger charge is 2.23. The number of hydrogen-bond acceptors (Lipinski definition) is 3. The van der Waals surface area contributed by atoms with Gasteiger partial charge < -0.3 is 15.2 Å². The fourth-order valence-corrected chi connectivity index (χ4v) is 2.51. The Balaban J connectivity index is 1.57. The molecule has 1 aliphatic carbocycles. The number of aromatic nitrogens is 1. The van der Waals surface area contributed by atoms with Gasteiger partial charge >= 0.3 is 0 Å². The summed E-state index contributed by atoms with van der Waals surface area (Å²) in [4.78, 5) is 36.1. The van der Waals surface area contributed by atoms with Gasteiger partial charge in [-0.3, -0.25) is 14.4 Å². The number of carbonyl (C=O) groups excluding carboxylic acids is 2. The van der Waals surface area contributed by atoms with Gasteiger partial charge in [-0.2, -0.15) is 0 Å². The molecule has 0 radical (unpaired) electrons. The van der Waals surface area contributed by atoms with Crippen molar-refractivity contribution in [2.45, 2.75) is 38.9 Å². The molecule has 1 fully saturated rings. The van der Waals surface area contributed by atoms with Gasteiger partial charge in [0, 0.05) is 29.9 Å². The highest BCUT2D eigenvalue weighted by molar-refractivity contribution is 5.94. The minimum Gasteiger partial charge on any atom is -0.350 e. The zero-order valence-electron chi connectivity index (χ0n) is 14.1. The average Bonchev–Trinajstić information content (AvgIpc) is 3.41. The van der Waals surface area contributed by atoms with Crippen LogP contribution in [0.25, 0.3) is 0 Å². The van der Waals surface area contributed by atoms with Gasteiger partial charge in [0.2, 0.25) is 5.91 Å². The summed E-state index contributed by atoms with van der Waals surface area (Å²) in [5.41, 5.74) is 1.86. The molecular formula is C19H21N3O3. The third-order valence-electron chi connectivity index (χ3n) is 4.12. The summed E-state index contributed by atoms with van der Waals surface area (Å²) >= 11 is 0. The number of nitrogens with zero attached hydrogens (tertiary/aromatic N) is 1. The first-order valence-corrected chi connectivity index (χ1v) is 8.35. The Morgan fingerprint density at radius 3 is 2.76 bits per heavy atom. The Kier molecular flexibility index (Phi) is 4.97. The molecule has 0 bridgehead atoms. The topological polar surface area (TPSA) is 80.2 Å². The summed E-state index contributed by atoms with van der Waals surface area (Å²) in [6.45, 7) is 2.00. The number of amides is 2. The van der Waals surface area contributed by atoms with Gasteiger partial charge in [0.25, 0.3) is 11.5 Å². The number of rotatable bonds is 6. The Labute approximate surface area is 145 Å². The van der Waals surface area contributed by atoms with Crippen LogP contribution in [-0.4, -0.2) is 22.4 Å². The SMILES string of the molecule is Cc1cccn(CC(=O)NCc2cccc(C(=O)NC3CC3)c2)c1=O. The van der Waals surface area contributed by atoms with Crippen molar-refractivity contribution in [1.29, 1.82) is 0 Å². The van der Waals surface area contributed by atoms with Gasteiger partial charge in [-0.25, -0.2) is 0 Å². The standard InChI is InChI=1S/C19H21N3O3/c1-13-4-3-9-22(19(13)25)12-17(23)20-11-14-5-2-6-15(10-14)18(24)21-16-7-8-16/h2-6,9-10,16H,7-8,11-12H2,1H3,(H,20,23)(H,21,24). The largest absolute Gasteiger partial charge is 0.350 e. The van der Waals surface area contributed by atoms with E-state index in [2.05, 4.69) is 10.6 Å². The van der Waals surface area contributed by atoms with E-state index in [9.17, 15) is 14.4 Å². The lowest BCUT2D eigenvalue weighted by molar-refractivity contribution is -0.121. The van der Waals surface area contributed by atoms with Gasteiger partial charge in [-0.1, -0.05) is 18.2 Å². The molecule has 6 nitrogen and oxygen atoms in total. The van der Waals surface area contributed by atoms with Gasteiger partial charge in [0.15, 0.2) is 0 Å². The zero-order chi connectivity index (χ0) is 17.8. The summed E-state index contributed by atoms with van der Waals surface area (Å²) in [6, 6.07) is 11.0. The second-order valence-electron chi connectivity index (χ2n) is 6.35. The molecule has 130 valence electrons. The van der Waals surface area contributed by atoms with Crippen molar-refractivity contribution in [2.75, 3.05) is 0 Å². The minimum absolute atomic E-state index is 0.0254. The summed E-state index contributed by atoms with van der Waals surface area (Å²) < 4.78 is 1.38. The van der Waals surface area contributed by atoms with Crippen LogP contribution in [0.15, 0.2) is 47.4 Å². The molecule has 3 rings (SSSR count). The molecule has 1 aromatic heterocycles. The van der Waals surface area contributed by atoms with Crippen molar-refractivity contribution >= 4 is 11.8 Å². The van der Waals surface area contributed by atoms with Gasteiger partial charge in [-0.15, -0.1) is 0 Å². The maximum absolute atomic E-state index is 12.1. The van der Waals surface area contributed by atoms with E-state index in [-0.39, 0.29) is 23.9 Å². The zero-order valence-corrected chi connectivity index (χ0v) is 14.1. The van der Waals surface area contributed by atoms with Crippen LogP contribution in [0.4, 0.5) is 0 Å². The van der Waals surface area contributed by atoms with Crippen molar-refractivity contribution < 1.29 is 9.59 Å². The number of aryl methyl sites for hydroxylation is 1. The Morgan fingerprint density at radius 1 is 1.20 bits per heavy atom. The molecule has 1 saturated carbocycles. The lowest BCUT2D eigenvalue weighted by Crippen LogP contribution is -2.32. The number of carbonyl (C=O) groups is 2. The van der Waals surface area contributed by atoms with Gasteiger partial charge in [0.1, 0.15) is 6.54 Å². The normalized spacial score (nSPS) is 13.3. The van der Waals surface area contributed by atoms with Crippen molar-refractivity contribution in [1.82, 2.24) is 15.2 Å². The maximum Gasteiger partial charge on any atom is 0.253 e. The fourth-order valence-electron chi connectivity index (χ4n) is 2.51. The predicted molar refractivity (Wildman–Crippen MR) is 94.2 cm³/mol. The Bertz CT molecular complexity index is 853. The van der Waals surface area contributed by atoms with E-state index in [0.717, 1.165) is 18.4 Å². The molecule has 6 heteroatoms. The highest BCUT2D eigenvalue weighted by Crippen LogP contribution is 2.19. The molecule has 25 heavy (non-hydrogen) atoms. The van der Waals surface area contributed by atoms with Crippen molar-refractivity contribution in [3.8, 4) is 0 Å². The molecule has 1 aliphatic rings. The lowest BCUT2D eigenvalue weighted by atomic mass is 10.1. The highest BCUT2D eigenvalue weighted by atomic mass is 16.2. The summed E-state index contributed by atoms with van der Waals surface area (Å²) in [7, 11) is 0. The second kappa shape index (κ2) is 7.34. The fraction of sp³-hybridized carbons (Fsp3) is 0.316. The van der Waals surface area contributed by atoms with Crippen LogP contribution in [0.2, 0.25) is 0 Å². The van der Waals surface area contributed by atoms with Crippen LogP contribution in [0.1, 0.15) is 34.3 Å². The summed E-state index contributed by atoms with van der Waals surface area (Å²) in [6.07, 6.45) is 3.68. The van der Waals surface area contributed by atoms with E-state index in [1.165, 1.54) is 4.57 Å². The van der Waals surface area contributed by atoms with Gasteiger partial charge in [-0.05, 0) is 43.5 Å². The molecule has 0 aliphatic heterocycles. The molecule has 2 amide bonds. The number of benzene rings is 1. The predicted octanol–water partition coefficient (Wildman–Crippen LogP) is 1.37. The molecule has 0 unspecified atom stereocenters. The van der Waals surface area contributed by atoms with E-state index in [1.54, 1.807) is 43.5 Å².